The van der Waals surface area contributed by atoms with Crippen LogP contribution in [-0.4, -0.2) is 12.6 Å². The summed E-state index contributed by atoms with van der Waals surface area (Å²) in [6.45, 7) is 4.19. The molecule has 4 nitrogen and oxygen atoms in total. The summed E-state index contributed by atoms with van der Waals surface area (Å²) in [5.41, 5.74) is 5.28. The summed E-state index contributed by atoms with van der Waals surface area (Å²) in [4.78, 5) is 12.6. The minimum absolute atomic E-state index is 0.261. The van der Waals surface area contributed by atoms with Crippen LogP contribution >= 0.6 is 0 Å². The fraction of sp³-hybridized carbons (Fsp3) is 0.217. The van der Waals surface area contributed by atoms with Gasteiger partial charge in [-0.15, -0.1) is 0 Å². The fourth-order valence-corrected chi connectivity index (χ4v) is 3.62. The van der Waals surface area contributed by atoms with Gasteiger partial charge in [0.15, 0.2) is 0 Å². The minimum atomic E-state index is -0.261. The average molecular weight is 359 g/mol. The molecule has 3 aliphatic rings. The second kappa shape index (κ2) is 6.88. The zero-order valence-corrected chi connectivity index (χ0v) is 15.5. The SMILES string of the molecule is CCOC(=O)C1=C(c2c3ccc(=N)cc-3oc3cc(C)ccc23)C=CCC1. The molecule has 0 radical (unpaired) electrons. The van der Waals surface area contributed by atoms with Crippen LogP contribution in [0.3, 0.4) is 0 Å². The minimum Gasteiger partial charge on any atom is -0.463 e. The average Bonchev–Trinajstić information content (AvgIpc) is 2.66. The van der Waals surface area contributed by atoms with Crippen molar-refractivity contribution in [2.45, 2.75) is 26.7 Å². The lowest BCUT2D eigenvalue weighted by Crippen LogP contribution is -2.12. The van der Waals surface area contributed by atoms with Crippen molar-refractivity contribution in [2.24, 2.45) is 0 Å². The van der Waals surface area contributed by atoms with Gasteiger partial charge in [0.2, 0.25) is 0 Å². The normalized spacial score (nSPS) is 14.1. The first-order valence-electron chi connectivity index (χ1n) is 9.17. The summed E-state index contributed by atoms with van der Waals surface area (Å²) in [5.74, 6) is 0.383. The fourth-order valence-electron chi connectivity index (χ4n) is 3.62. The molecule has 2 aliphatic carbocycles. The van der Waals surface area contributed by atoms with E-state index >= 15 is 0 Å². The first kappa shape index (κ1) is 17.3. The van der Waals surface area contributed by atoms with Crippen LogP contribution in [0.1, 0.15) is 30.9 Å². The maximum absolute atomic E-state index is 12.6. The summed E-state index contributed by atoms with van der Waals surface area (Å²) in [6.07, 6.45) is 5.58. The van der Waals surface area contributed by atoms with Gasteiger partial charge in [0.05, 0.1) is 12.0 Å². The number of carbonyl (C=O) groups excluding carboxylic acids is 1. The van der Waals surface area contributed by atoms with Crippen LogP contribution < -0.4 is 5.36 Å². The van der Waals surface area contributed by atoms with E-state index in [9.17, 15) is 4.79 Å². The molecule has 0 saturated heterocycles. The van der Waals surface area contributed by atoms with Crippen LogP contribution in [0.25, 0.3) is 27.9 Å². The Morgan fingerprint density at radius 3 is 2.89 bits per heavy atom. The van der Waals surface area contributed by atoms with E-state index in [4.69, 9.17) is 14.6 Å². The lowest BCUT2D eigenvalue weighted by molar-refractivity contribution is -0.138. The largest absolute Gasteiger partial charge is 0.463 e. The molecule has 0 spiro atoms. The van der Waals surface area contributed by atoms with E-state index < -0.39 is 0 Å². The monoisotopic (exact) mass is 359 g/mol. The number of hydrogen-bond donors (Lipinski definition) is 1. The van der Waals surface area contributed by atoms with E-state index in [2.05, 4.69) is 6.08 Å². The Morgan fingerprint density at radius 1 is 1.22 bits per heavy atom. The lowest BCUT2D eigenvalue weighted by atomic mass is 9.86. The second-order valence-electron chi connectivity index (χ2n) is 6.74. The van der Waals surface area contributed by atoms with Gasteiger partial charge in [0.1, 0.15) is 11.3 Å². The summed E-state index contributed by atoms with van der Waals surface area (Å²) < 4.78 is 11.4. The number of nitrogens with one attached hydrogen (secondary N) is 1. The maximum Gasteiger partial charge on any atom is 0.334 e. The molecule has 0 saturated carbocycles. The van der Waals surface area contributed by atoms with Gasteiger partial charge in [0.25, 0.3) is 0 Å². The molecule has 1 aromatic carbocycles. The number of benzene rings is 2. The van der Waals surface area contributed by atoms with E-state index in [0.717, 1.165) is 39.7 Å². The van der Waals surface area contributed by atoms with E-state index in [1.54, 1.807) is 12.1 Å². The number of fused-ring (bicyclic) bond motifs is 2. The van der Waals surface area contributed by atoms with Gasteiger partial charge in [-0.3, -0.25) is 0 Å². The van der Waals surface area contributed by atoms with Gasteiger partial charge in [-0.05, 0) is 56.0 Å². The highest BCUT2D eigenvalue weighted by Crippen LogP contribution is 2.41. The third-order valence-electron chi connectivity index (χ3n) is 4.84. The Labute approximate surface area is 157 Å². The zero-order chi connectivity index (χ0) is 19.0. The molecule has 0 unspecified atom stereocenters. The Hall–Kier alpha value is -3.14. The quantitative estimate of drug-likeness (QED) is 0.529. The van der Waals surface area contributed by atoms with Crippen molar-refractivity contribution in [2.75, 3.05) is 6.61 Å². The molecule has 1 heterocycles. The van der Waals surface area contributed by atoms with Crippen molar-refractivity contribution in [1.82, 2.24) is 0 Å². The van der Waals surface area contributed by atoms with Gasteiger partial charge < -0.3 is 14.6 Å². The van der Waals surface area contributed by atoms with Gasteiger partial charge in [0, 0.05) is 28.2 Å². The Kier molecular flexibility index (Phi) is 4.40. The van der Waals surface area contributed by atoms with Crippen molar-refractivity contribution in [1.29, 1.82) is 5.41 Å². The second-order valence-corrected chi connectivity index (χ2v) is 6.74. The molecule has 1 N–H and O–H groups in total. The van der Waals surface area contributed by atoms with Crippen LogP contribution in [0.5, 0.6) is 0 Å². The van der Waals surface area contributed by atoms with Gasteiger partial charge >= 0.3 is 5.97 Å². The number of rotatable bonds is 3. The van der Waals surface area contributed by atoms with Crippen molar-refractivity contribution in [3.63, 3.8) is 0 Å². The number of hydrogen-bond acceptors (Lipinski definition) is 4. The van der Waals surface area contributed by atoms with Crippen LogP contribution in [0.4, 0.5) is 0 Å². The van der Waals surface area contributed by atoms with Crippen LogP contribution in [0, 0.1) is 12.3 Å². The van der Waals surface area contributed by atoms with Crippen LogP contribution in [0.2, 0.25) is 0 Å². The number of aryl methyl sites for hydroxylation is 1. The van der Waals surface area contributed by atoms with Crippen molar-refractivity contribution in [3.05, 3.63) is 70.6 Å². The Morgan fingerprint density at radius 2 is 2.07 bits per heavy atom. The highest BCUT2D eigenvalue weighted by atomic mass is 16.5. The third-order valence-corrected chi connectivity index (χ3v) is 4.84. The van der Waals surface area contributed by atoms with E-state index in [1.807, 2.05) is 44.2 Å². The van der Waals surface area contributed by atoms with Crippen LogP contribution in [0.15, 0.2) is 58.5 Å². The topological polar surface area (TPSA) is 63.3 Å². The summed E-state index contributed by atoms with van der Waals surface area (Å²) in [5, 5.41) is 9.29. The summed E-state index contributed by atoms with van der Waals surface area (Å²) in [6, 6.07) is 11.4. The molecule has 0 fully saturated rings. The highest BCUT2D eigenvalue weighted by molar-refractivity contribution is 6.08. The summed E-state index contributed by atoms with van der Waals surface area (Å²) in [7, 11) is 0. The smallest absolute Gasteiger partial charge is 0.334 e. The molecule has 1 aromatic rings. The molecule has 1 aliphatic heterocycles. The first-order valence-corrected chi connectivity index (χ1v) is 9.17. The molecule has 4 heteroatoms. The number of ether oxygens (including phenoxy) is 1. The molecule has 0 atom stereocenters. The van der Waals surface area contributed by atoms with Crippen LogP contribution in [-0.2, 0) is 9.53 Å². The number of allylic oxidation sites excluding steroid dienone is 3. The molecule has 0 bridgehead atoms. The zero-order valence-electron chi connectivity index (χ0n) is 15.5. The van der Waals surface area contributed by atoms with E-state index in [1.165, 1.54) is 0 Å². The predicted octanol–water partition coefficient (Wildman–Crippen LogP) is 4.99. The molecular formula is C23H21NO3. The standard InChI is InChI=1S/C23H21NO3/c1-3-26-23(25)17-7-5-4-6-16(17)22-18-10-8-14(2)12-20(18)27-21-13-15(24)9-11-19(21)22/h4,6,8-13,24H,3,5,7H2,1-2H3. The summed E-state index contributed by atoms with van der Waals surface area (Å²) >= 11 is 0. The molecule has 4 rings (SSSR count). The van der Waals surface area contributed by atoms with Crippen molar-refractivity contribution >= 4 is 22.5 Å². The van der Waals surface area contributed by atoms with E-state index in [0.29, 0.717) is 29.7 Å². The molecule has 0 amide bonds. The van der Waals surface area contributed by atoms with E-state index in [-0.39, 0.29) is 5.97 Å². The van der Waals surface area contributed by atoms with Crippen molar-refractivity contribution < 1.29 is 13.9 Å². The number of esters is 1. The Bertz CT molecular complexity index is 1130. The molecule has 0 aromatic heterocycles. The number of carbonyl (C=O) groups is 1. The molecule has 27 heavy (non-hydrogen) atoms. The van der Waals surface area contributed by atoms with Crippen molar-refractivity contribution in [3.8, 4) is 11.3 Å². The third kappa shape index (κ3) is 3.08. The Balaban J connectivity index is 2.11. The van der Waals surface area contributed by atoms with Gasteiger partial charge in [-0.25, -0.2) is 4.79 Å². The van der Waals surface area contributed by atoms with Gasteiger partial charge in [-0.2, -0.15) is 0 Å². The predicted molar refractivity (Wildman–Crippen MR) is 105 cm³/mol. The first-order chi connectivity index (χ1) is 13.1. The molecule has 136 valence electrons. The molecular weight excluding hydrogens is 338 g/mol. The van der Waals surface area contributed by atoms with Gasteiger partial charge in [-0.1, -0.05) is 24.3 Å². The lowest BCUT2D eigenvalue weighted by Gasteiger charge is -2.20. The highest BCUT2D eigenvalue weighted by Gasteiger charge is 2.24. The maximum atomic E-state index is 12.6.